The van der Waals surface area contributed by atoms with Crippen molar-refractivity contribution in [1.29, 1.82) is 0 Å². The van der Waals surface area contributed by atoms with E-state index < -0.39 is 0 Å². The van der Waals surface area contributed by atoms with Crippen LogP contribution in [0, 0.1) is 0 Å². The number of hydrogen-bond acceptors (Lipinski definition) is 5. The van der Waals surface area contributed by atoms with E-state index >= 15 is 0 Å². The summed E-state index contributed by atoms with van der Waals surface area (Å²) in [5.74, 6) is 1.04. The number of amides is 2. The molecule has 1 aliphatic carbocycles. The van der Waals surface area contributed by atoms with Gasteiger partial charge in [-0.3, -0.25) is 9.59 Å². The first-order valence-corrected chi connectivity index (χ1v) is 8.37. The van der Waals surface area contributed by atoms with Gasteiger partial charge in [0.2, 0.25) is 17.6 Å². The van der Waals surface area contributed by atoms with Gasteiger partial charge in [0.1, 0.15) is 6.54 Å². The molecule has 1 saturated carbocycles. The van der Waals surface area contributed by atoms with Crippen LogP contribution in [0.25, 0.3) is 0 Å². The van der Waals surface area contributed by atoms with Crippen molar-refractivity contribution in [3.8, 4) is 17.2 Å². The number of carbonyl (C=O) groups is 2. The summed E-state index contributed by atoms with van der Waals surface area (Å²) in [7, 11) is 4.55. The van der Waals surface area contributed by atoms with Crippen LogP contribution in [0.2, 0.25) is 0 Å². The number of methoxy groups -OCH3 is 3. The molecule has 2 amide bonds. The zero-order valence-corrected chi connectivity index (χ0v) is 15.3. The molecule has 7 heteroatoms. The molecule has 0 radical (unpaired) electrons. The number of rotatable bonds is 7. The summed E-state index contributed by atoms with van der Waals surface area (Å²) in [6.07, 6.45) is 4.11. The van der Waals surface area contributed by atoms with Crippen molar-refractivity contribution in [3.63, 3.8) is 0 Å². The Kier molecular flexibility index (Phi) is 6.50. The van der Waals surface area contributed by atoms with E-state index in [1.54, 1.807) is 17.0 Å². The molecule has 0 aromatic heterocycles. The highest BCUT2D eigenvalue weighted by molar-refractivity contribution is 5.95. The molecule has 1 fully saturated rings. The fourth-order valence-electron chi connectivity index (χ4n) is 3.22. The zero-order chi connectivity index (χ0) is 18.4. The van der Waals surface area contributed by atoms with Gasteiger partial charge in [-0.2, -0.15) is 0 Å². The highest BCUT2D eigenvalue weighted by Crippen LogP contribution is 2.39. The fraction of sp³-hybridized carbons (Fsp3) is 0.556. The lowest BCUT2D eigenvalue weighted by Gasteiger charge is -2.27. The molecule has 0 atom stereocenters. The Labute approximate surface area is 148 Å². The molecule has 1 aliphatic rings. The van der Waals surface area contributed by atoms with E-state index in [2.05, 4.69) is 5.32 Å². The summed E-state index contributed by atoms with van der Waals surface area (Å²) in [6, 6.07) is 3.48. The second-order valence-corrected chi connectivity index (χ2v) is 6.05. The summed E-state index contributed by atoms with van der Waals surface area (Å²) in [4.78, 5) is 26.0. The van der Waals surface area contributed by atoms with Crippen LogP contribution in [0.1, 0.15) is 32.6 Å². The largest absolute Gasteiger partial charge is 0.493 e. The quantitative estimate of drug-likeness (QED) is 0.817. The van der Waals surface area contributed by atoms with Crippen molar-refractivity contribution in [2.75, 3.05) is 33.2 Å². The standard InChI is InChI=1S/C18H26N2O5/c1-12(21)20(14-7-5-6-8-14)11-17(22)19-13-9-15(23-2)18(25-4)16(10-13)24-3/h9-10,14H,5-8,11H2,1-4H3,(H,19,22). The Morgan fingerprint density at radius 1 is 1.08 bits per heavy atom. The van der Waals surface area contributed by atoms with Crippen molar-refractivity contribution in [2.45, 2.75) is 38.6 Å². The van der Waals surface area contributed by atoms with Crippen molar-refractivity contribution in [2.24, 2.45) is 0 Å². The topological polar surface area (TPSA) is 77.1 Å². The summed E-state index contributed by atoms with van der Waals surface area (Å²) < 4.78 is 15.8. The molecule has 1 aromatic rings. The van der Waals surface area contributed by atoms with Crippen LogP contribution in [0.15, 0.2) is 12.1 Å². The summed E-state index contributed by atoms with van der Waals surface area (Å²) in [5.41, 5.74) is 0.523. The smallest absolute Gasteiger partial charge is 0.244 e. The molecule has 2 rings (SSSR count). The van der Waals surface area contributed by atoms with Gasteiger partial charge in [0.25, 0.3) is 0 Å². The van der Waals surface area contributed by atoms with Crippen molar-refractivity contribution in [1.82, 2.24) is 4.90 Å². The maximum atomic E-state index is 12.4. The third-order valence-electron chi connectivity index (χ3n) is 4.43. The van der Waals surface area contributed by atoms with E-state index in [1.165, 1.54) is 28.3 Å². The van der Waals surface area contributed by atoms with E-state index in [4.69, 9.17) is 14.2 Å². The van der Waals surface area contributed by atoms with Gasteiger partial charge in [-0.15, -0.1) is 0 Å². The predicted molar refractivity (Wildman–Crippen MR) is 94.4 cm³/mol. The Balaban J connectivity index is 2.12. The van der Waals surface area contributed by atoms with Crippen molar-refractivity contribution in [3.05, 3.63) is 12.1 Å². The number of carbonyl (C=O) groups excluding carboxylic acids is 2. The highest BCUT2D eigenvalue weighted by Gasteiger charge is 2.26. The molecule has 0 saturated heterocycles. The zero-order valence-electron chi connectivity index (χ0n) is 15.3. The molecule has 0 aliphatic heterocycles. The molecular formula is C18H26N2O5. The lowest BCUT2D eigenvalue weighted by atomic mass is 10.2. The molecule has 1 N–H and O–H groups in total. The minimum atomic E-state index is -0.253. The van der Waals surface area contributed by atoms with Crippen molar-refractivity contribution >= 4 is 17.5 Å². The highest BCUT2D eigenvalue weighted by atomic mass is 16.5. The third-order valence-corrected chi connectivity index (χ3v) is 4.43. The molecule has 25 heavy (non-hydrogen) atoms. The third kappa shape index (κ3) is 4.55. The van der Waals surface area contributed by atoms with Gasteiger partial charge in [0.15, 0.2) is 11.5 Å². The summed E-state index contributed by atoms with van der Waals surface area (Å²) in [6.45, 7) is 1.54. The number of nitrogens with one attached hydrogen (secondary N) is 1. The minimum absolute atomic E-state index is 0.0384. The predicted octanol–water partition coefficient (Wildman–Crippen LogP) is 2.44. The van der Waals surface area contributed by atoms with Crippen LogP contribution in [0.4, 0.5) is 5.69 Å². The van der Waals surface area contributed by atoms with Crippen LogP contribution < -0.4 is 19.5 Å². The van der Waals surface area contributed by atoms with Crippen LogP contribution in [0.3, 0.4) is 0 Å². The van der Waals surface area contributed by atoms with Gasteiger partial charge in [-0.25, -0.2) is 0 Å². The maximum Gasteiger partial charge on any atom is 0.244 e. The molecule has 0 heterocycles. The lowest BCUT2D eigenvalue weighted by molar-refractivity contribution is -0.135. The van der Waals surface area contributed by atoms with E-state index in [0.717, 1.165) is 25.7 Å². The Hall–Kier alpha value is -2.44. The molecule has 7 nitrogen and oxygen atoms in total. The molecule has 138 valence electrons. The van der Waals surface area contributed by atoms with Crippen LogP contribution >= 0.6 is 0 Å². The second kappa shape index (κ2) is 8.60. The SMILES string of the molecule is COc1cc(NC(=O)CN(C(C)=O)C2CCCC2)cc(OC)c1OC. The molecule has 1 aromatic carbocycles. The van der Waals surface area contributed by atoms with Crippen molar-refractivity contribution < 1.29 is 23.8 Å². The fourth-order valence-corrected chi connectivity index (χ4v) is 3.22. The second-order valence-electron chi connectivity index (χ2n) is 6.05. The first-order chi connectivity index (χ1) is 12.0. The molecule has 0 spiro atoms. The van der Waals surface area contributed by atoms with E-state index in [-0.39, 0.29) is 24.4 Å². The van der Waals surface area contributed by atoms with E-state index in [1.807, 2.05) is 0 Å². The Bertz CT molecular complexity index is 601. The Morgan fingerprint density at radius 2 is 1.64 bits per heavy atom. The first-order valence-electron chi connectivity index (χ1n) is 8.37. The van der Waals surface area contributed by atoms with Crippen LogP contribution in [-0.4, -0.2) is 50.6 Å². The number of hydrogen-bond donors (Lipinski definition) is 1. The average Bonchev–Trinajstić information content (AvgIpc) is 3.12. The summed E-state index contributed by atoms with van der Waals surface area (Å²) >= 11 is 0. The molecular weight excluding hydrogens is 324 g/mol. The number of benzene rings is 1. The minimum Gasteiger partial charge on any atom is -0.493 e. The molecule has 0 unspecified atom stereocenters. The van der Waals surface area contributed by atoms with Gasteiger partial charge in [0.05, 0.1) is 21.3 Å². The maximum absolute atomic E-state index is 12.4. The Morgan fingerprint density at radius 3 is 2.08 bits per heavy atom. The van der Waals surface area contributed by atoms with Gasteiger partial charge in [-0.1, -0.05) is 12.8 Å². The normalized spacial score (nSPS) is 14.1. The number of anilines is 1. The van der Waals surface area contributed by atoms with Crippen LogP contribution in [0.5, 0.6) is 17.2 Å². The van der Waals surface area contributed by atoms with Gasteiger partial charge in [-0.05, 0) is 12.8 Å². The monoisotopic (exact) mass is 350 g/mol. The van der Waals surface area contributed by atoms with E-state index in [9.17, 15) is 9.59 Å². The first kappa shape index (κ1) is 18.9. The number of ether oxygens (including phenoxy) is 3. The van der Waals surface area contributed by atoms with Gasteiger partial charge >= 0.3 is 0 Å². The van der Waals surface area contributed by atoms with Gasteiger partial charge < -0.3 is 24.4 Å². The summed E-state index contributed by atoms with van der Waals surface area (Å²) in [5, 5.41) is 2.80. The van der Waals surface area contributed by atoms with Gasteiger partial charge in [0, 0.05) is 30.8 Å². The van der Waals surface area contributed by atoms with Crippen LogP contribution in [-0.2, 0) is 9.59 Å². The number of nitrogens with zero attached hydrogens (tertiary/aromatic N) is 1. The van der Waals surface area contributed by atoms with E-state index in [0.29, 0.717) is 22.9 Å². The lowest BCUT2D eigenvalue weighted by Crippen LogP contribution is -2.42. The average molecular weight is 350 g/mol. The molecule has 0 bridgehead atoms.